The van der Waals surface area contributed by atoms with Crippen LogP contribution in [-0.2, 0) is 4.79 Å². The molecule has 1 atom stereocenters. The molecule has 7 nitrogen and oxygen atoms in total. The third-order valence-corrected chi connectivity index (χ3v) is 3.30. The lowest BCUT2D eigenvalue weighted by molar-refractivity contribution is -0.139. The Hall–Kier alpha value is -2.70. The molecule has 0 aliphatic carbocycles. The fourth-order valence-electron chi connectivity index (χ4n) is 2.03. The van der Waals surface area contributed by atoms with E-state index in [1.807, 2.05) is 6.92 Å². The lowest BCUT2D eigenvalue weighted by atomic mass is 10.1. The Bertz CT molecular complexity index is 623. The molecule has 0 radical (unpaired) electrons. The number of benzene rings is 1. The second-order valence-electron chi connectivity index (χ2n) is 4.92. The maximum Gasteiger partial charge on any atom is 0.326 e. The zero-order valence-corrected chi connectivity index (χ0v) is 12.3. The van der Waals surface area contributed by atoms with E-state index >= 15 is 0 Å². The van der Waals surface area contributed by atoms with Gasteiger partial charge in [-0.15, -0.1) is 10.2 Å². The Kier molecular flexibility index (Phi) is 5.24. The van der Waals surface area contributed by atoms with Crippen LogP contribution >= 0.6 is 0 Å². The molecule has 2 rings (SSSR count). The third kappa shape index (κ3) is 3.91. The molecule has 1 unspecified atom stereocenters. The average molecular weight is 302 g/mol. The number of hydrogen-bond acceptors (Lipinski definition) is 4. The van der Waals surface area contributed by atoms with Crippen molar-refractivity contribution < 1.29 is 14.7 Å². The smallest absolute Gasteiger partial charge is 0.326 e. The number of carbonyl (C=O) groups excluding carboxylic acids is 1. The van der Waals surface area contributed by atoms with E-state index in [0.29, 0.717) is 12.0 Å². The number of nitrogens with zero attached hydrogens (tertiary/aromatic N) is 3. The Morgan fingerprint density at radius 2 is 1.86 bits per heavy atom. The van der Waals surface area contributed by atoms with Crippen molar-refractivity contribution in [2.24, 2.45) is 0 Å². The number of nitrogens with one attached hydrogen (secondary N) is 1. The summed E-state index contributed by atoms with van der Waals surface area (Å²) >= 11 is 0. The van der Waals surface area contributed by atoms with Gasteiger partial charge in [-0.1, -0.05) is 19.8 Å². The summed E-state index contributed by atoms with van der Waals surface area (Å²) in [4.78, 5) is 23.3. The Labute approximate surface area is 128 Å². The minimum Gasteiger partial charge on any atom is -0.480 e. The molecular weight excluding hydrogens is 284 g/mol. The third-order valence-electron chi connectivity index (χ3n) is 3.30. The molecule has 1 heterocycles. The SMILES string of the molecule is CCCCC(NC(=O)c1ccc(-n2cnnc2)cc1)C(=O)O. The Morgan fingerprint density at radius 3 is 2.41 bits per heavy atom. The second kappa shape index (κ2) is 7.35. The molecule has 1 aromatic heterocycles. The van der Waals surface area contributed by atoms with Crippen molar-refractivity contribution in [3.05, 3.63) is 42.5 Å². The van der Waals surface area contributed by atoms with E-state index in [0.717, 1.165) is 18.5 Å². The van der Waals surface area contributed by atoms with Gasteiger partial charge in [0.2, 0.25) is 0 Å². The predicted octanol–water partition coefficient (Wildman–Crippen LogP) is 1.64. The molecule has 0 saturated heterocycles. The van der Waals surface area contributed by atoms with Crippen molar-refractivity contribution in [1.29, 1.82) is 0 Å². The van der Waals surface area contributed by atoms with Crippen molar-refractivity contribution in [2.45, 2.75) is 32.2 Å². The molecule has 7 heteroatoms. The first-order valence-corrected chi connectivity index (χ1v) is 7.10. The number of rotatable bonds is 7. The number of carboxylic acids is 1. The van der Waals surface area contributed by atoms with E-state index in [4.69, 9.17) is 5.11 Å². The van der Waals surface area contributed by atoms with Crippen LogP contribution in [-0.4, -0.2) is 37.8 Å². The minimum atomic E-state index is -1.01. The lowest BCUT2D eigenvalue weighted by Gasteiger charge is -2.14. The number of carboxylic acid groups (broad SMARTS) is 1. The largest absolute Gasteiger partial charge is 0.480 e. The standard InChI is InChI=1S/C15H18N4O3/c1-2-3-4-13(15(21)22)18-14(20)11-5-7-12(8-6-11)19-9-16-17-10-19/h5-10,13H,2-4H2,1H3,(H,18,20)(H,21,22). The van der Waals surface area contributed by atoms with Gasteiger partial charge in [0.25, 0.3) is 5.91 Å². The van der Waals surface area contributed by atoms with Crippen LogP contribution in [0.1, 0.15) is 36.5 Å². The zero-order valence-electron chi connectivity index (χ0n) is 12.3. The number of hydrogen-bond donors (Lipinski definition) is 2. The van der Waals surface area contributed by atoms with Gasteiger partial charge in [0.05, 0.1) is 0 Å². The van der Waals surface area contributed by atoms with Crippen LogP contribution in [0, 0.1) is 0 Å². The molecule has 0 spiro atoms. The molecule has 1 amide bonds. The summed E-state index contributed by atoms with van der Waals surface area (Å²) in [7, 11) is 0. The molecule has 0 aliphatic heterocycles. The summed E-state index contributed by atoms with van der Waals surface area (Å²) in [5, 5.41) is 19.1. The van der Waals surface area contributed by atoms with Gasteiger partial charge in [0, 0.05) is 11.3 Å². The maximum atomic E-state index is 12.1. The minimum absolute atomic E-state index is 0.390. The highest BCUT2D eigenvalue weighted by atomic mass is 16.4. The van der Waals surface area contributed by atoms with Crippen molar-refractivity contribution in [1.82, 2.24) is 20.1 Å². The lowest BCUT2D eigenvalue weighted by Crippen LogP contribution is -2.40. The van der Waals surface area contributed by atoms with Gasteiger partial charge in [0.1, 0.15) is 18.7 Å². The summed E-state index contributed by atoms with van der Waals surface area (Å²) in [6.07, 6.45) is 5.17. The van der Waals surface area contributed by atoms with E-state index < -0.39 is 12.0 Å². The highest BCUT2D eigenvalue weighted by Gasteiger charge is 2.19. The van der Waals surface area contributed by atoms with Crippen LogP contribution in [0.3, 0.4) is 0 Å². The van der Waals surface area contributed by atoms with E-state index in [1.165, 1.54) is 0 Å². The zero-order chi connectivity index (χ0) is 15.9. The van der Waals surface area contributed by atoms with Crippen molar-refractivity contribution in [2.75, 3.05) is 0 Å². The molecule has 2 aromatic rings. The normalized spacial score (nSPS) is 11.9. The molecule has 22 heavy (non-hydrogen) atoms. The number of amides is 1. The Morgan fingerprint density at radius 1 is 1.23 bits per heavy atom. The van der Waals surface area contributed by atoms with Gasteiger partial charge in [-0.05, 0) is 30.7 Å². The monoisotopic (exact) mass is 302 g/mol. The van der Waals surface area contributed by atoms with Crippen molar-refractivity contribution in [3.63, 3.8) is 0 Å². The maximum absolute atomic E-state index is 12.1. The van der Waals surface area contributed by atoms with E-state index in [1.54, 1.807) is 41.5 Å². The Balaban J connectivity index is 2.04. The van der Waals surface area contributed by atoms with Gasteiger partial charge >= 0.3 is 5.97 Å². The van der Waals surface area contributed by atoms with Crippen molar-refractivity contribution in [3.8, 4) is 5.69 Å². The van der Waals surface area contributed by atoms with Gasteiger partial charge in [-0.3, -0.25) is 9.36 Å². The number of carbonyl (C=O) groups is 2. The summed E-state index contributed by atoms with van der Waals surface area (Å²) in [6, 6.07) is 5.93. The highest BCUT2D eigenvalue weighted by molar-refractivity contribution is 5.96. The molecule has 116 valence electrons. The quantitative estimate of drug-likeness (QED) is 0.810. The molecule has 0 saturated carbocycles. The summed E-state index contributed by atoms with van der Waals surface area (Å²) in [5.74, 6) is -1.40. The number of aromatic nitrogens is 3. The number of unbranched alkanes of at least 4 members (excludes halogenated alkanes) is 1. The summed E-state index contributed by atoms with van der Waals surface area (Å²) in [6.45, 7) is 1.98. The van der Waals surface area contributed by atoms with E-state index in [2.05, 4.69) is 15.5 Å². The van der Waals surface area contributed by atoms with Gasteiger partial charge in [-0.2, -0.15) is 0 Å². The van der Waals surface area contributed by atoms with Crippen LogP contribution in [0.4, 0.5) is 0 Å². The molecule has 0 bridgehead atoms. The molecule has 2 N–H and O–H groups in total. The summed E-state index contributed by atoms with van der Waals surface area (Å²) < 4.78 is 1.71. The predicted molar refractivity (Wildman–Crippen MR) is 79.8 cm³/mol. The number of aliphatic carboxylic acids is 1. The molecule has 1 aromatic carbocycles. The molecule has 0 aliphatic rings. The van der Waals surface area contributed by atoms with Gasteiger partial charge in [-0.25, -0.2) is 4.79 Å². The van der Waals surface area contributed by atoms with Crippen LogP contribution in [0.5, 0.6) is 0 Å². The van der Waals surface area contributed by atoms with Crippen LogP contribution in [0.15, 0.2) is 36.9 Å². The summed E-state index contributed by atoms with van der Waals surface area (Å²) in [5.41, 5.74) is 1.24. The van der Waals surface area contributed by atoms with Crippen LogP contribution in [0.2, 0.25) is 0 Å². The van der Waals surface area contributed by atoms with E-state index in [9.17, 15) is 9.59 Å². The molecular formula is C15H18N4O3. The average Bonchev–Trinajstić information content (AvgIpc) is 3.05. The van der Waals surface area contributed by atoms with Crippen LogP contribution < -0.4 is 5.32 Å². The molecule has 0 fully saturated rings. The van der Waals surface area contributed by atoms with Gasteiger partial charge < -0.3 is 10.4 Å². The highest BCUT2D eigenvalue weighted by Crippen LogP contribution is 2.10. The fourth-order valence-corrected chi connectivity index (χ4v) is 2.03. The topological polar surface area (TPSA) is 97.1 Å². The second-order valence-corrected chi connectivity index (χ2v) is 4.92. The van der Waals surface area contributed by atoms with E-state index in [-0.39, 0.29) is 5.91 Å². The van der Waals surface area contributed by atoms with Gasteiger partial charge in [0.15, 0.2) is 0 Å². The van der Waals surface area contributed by atoms with Crippen molar-refractivity contribution >= 4 is 11.9 Å². The fraction of sp³-hybridized carbons (Fsp3) is 0.333. The first-order chi connectivity index (χ1) is 10.6. The first-order valence-electron chi connectivity index (χ1n) is 7.10. The van der Waals surface area contributed by atoms with Crippen LogP contribution in [0.25, 0.3) is 5.69 Å². The first kappa shape index (κ1) is 15.7.